The molecule has 0 spiro atoms. The number of pyridine rings is 1. The minimum absolute atomic E-state index is 0.0658. The SMILES string of the molecule is Nc1cccc2cnccc12.OCCOc1cccc(CN2CCCC2)c1. The Morgan fingerprint density at radius 3 is 2.67 bits per heavy atom. The lowest BCUT2D eigenvalue weighted by atomic mass is 10.1. The molecule has 2 aromatic carbocycles. The van der Waals surface area contributed by atoms with Crippen LogP contribution in [0, 0.1) is 0 Å². The normalized spacial score (nSPS) is 14.0. The number of nitrogens with zero attached hydrogens (tertiary/aromatic N) is 2. The summed E-state index contributed by atoms with van der Waals surface area (Å²) < 4.78 is 5.39. The molecule has 0 saturated carbocycles. The minimum atomic E-state index is 0.0658. The lowest BCUT2D eigenvalue weighted by molar-refractivity contribution is 0.201. The largest absolute Gasteiger partial charge is 0.491 e. The molecular formula is C22H27N3O2. The molecule has 5 nitrogen and oxygen atoms in total. The maximum atomic E-state index is 8.69. The zero-order chi connectivity index (χ0) is 18.9. The van der Waals surface area contributed by atoms with Crippen LogP contribution >= 0.6 is 0 Å². The monoisotopic (exact) mass is 365 g/mol. The van der Waals surface area contributed by atoms with Gasteiger partial charge in [0.15, 0.2) is 0 Å². The van der Waals surface area contributed by atoms with Gasteiger partial charge in [0.25, 0.3) is 0 Å². The molecule has 0 bridgehead atoms. The molecule has 27 heavy (non-hydrogen) atoms. The van der Waals surface area contributed by atoms with Crippen molar-refractivity contribution >= 4 is 16.5 Å². The van der Waals surface area contributed by atoms with Gasteiger partial charge in [-0.3, -0.25) is 9.88 Å². The van der Waals surface area contributed by atoms with Crippen LogP contribution in [0.15, 0.2) is 60.9 Å². The van der Waals surface area contributed by atoms with E-state index in [1.807, 2.05) is 42.6 Å². The van der Waals surface area contributed by atoms with E-state index in [0.717, 1.165) is 28.8 Å². The maximum absolute atomic E-state index is 8.69. The second-order valence-electron chi connectivity index (χ2n) is 6.65. The van der Waals surface area contributed by atoms with E-state index in [1.54, 1.807) is 6.20 Å². The third kappa shape index (κ3) is 5.67. The molecule has 142 valence electrons. The molecule has 2 heterocycles. The van der Waals surface area contributed by atoms with Crippen molar-refractivity contribution in [2.24, 2.45) is 0 Å². The van der Waals surface area contributed by atoms with Crippen LogP contribution in [0.2, 0.25) is 0 Å². The molecule has 1 aromatic heterocycles. The molecule has 0 unspecified atom stereocenters. The fourth-order valence-electron chi connectivity index (χ4n) is 3.24. The highest BCUT2D eigenvalue weighted by Gasteiger charge is 2.11. The summed E-state index contributed by atoms with van der Waals surface area (Å²) in [5.74, 6) is 0.853. The van der Waals surface area contributed by atoms with Crippen LogP contribution in [-0.4, -0.2) is 41.3 Å². The van der Waals surface area contributed by atoms with Gasteiger partial charge in [-0.15, -0.1) is 0 Å². The Morgan fingerprint density at radius 1 is 1.07 bits per heavy atom. The van der Waals surface area contributed by atoms with Crippen LogP contribution in [0.25, 0.3) is 10.8 Å². The van der Waals surface area contributed by atoms with E-state index >= 15 is 0 Å². The zero-order valence-electron chi connectivity index (χ0n) is 15.6. The fraction of sp³-hybridized carbons (Fsp3) is 0.318. The van der Waals surface area contributed by atoms with Gasteiger partial charge >= 0.3 is 0 Å². The number of nitrogen functional groups attached to an aromatic ring is 1. The van der Waals surface area contributed by atoms with E-state index < -0.39 is 0 Å². The van der Waals surface area contributed by atoms with Gasteiger partial charge in [-0.1, -0.05) is 24.3 Å². The van der Waals surface area contributed by atoms with Crippen LogP contribution in [0.1, 0.15) is 18.4 Å². The standard InChI is InChI=1S/C13H19NO2.C9H8N2/c15-8-9-16-13-5-3-4-12(10-13)11-14-6-1-2-7-14;10-9-3-1-2-7-6-11-5-4-8(7)9/h3-5,10,15H,1-2,6-9,11H2;1-6H,10H2. The summed E-state index contributed by atoms with van der Waals surface area (Å²) in [6.45, 7) is 3.86. The summed E-state index contributed by atoms with van der Waals surface area (Å²) in [5, 5.41) is 10.9. The van der Waals surface area contributed by atoms with E-state index in [2.05, 4.69) is 22.0 Å². The highest BCUT2D eigenvalue weighted by molar-refractivity contribution is 5.91. The van der Waals surface area contributed by atoms with E-state index in [4.69, 9.17) is 15.6 Å². The summed E-state index contributed by atoms with van der Waals surface area (Å²) in [6, 6.07) is 15.9. The number of nitrogens with two attached hydrogens (primary N) is 1. The number of aromatic nitrogens is 1. The molecule has 3 N–H and O–H groups in total. The van der Waals surface area contributed by atoms with Crippen molar-refractivity contribution in [3.05, 3.63) is 66.5 Å². The highest BCUT2D eigenvalue weighted by atomic mass is 16.5. The average Bonchev–Trinajstić information content (AvgIpc) is 3.21. The van der Waals surface area contributed by atoms with Gasteiger partial charge in [0.2, 0.25) is 0 Å². The number of rotatable bonds is 5. The molecule has 0 aliphatic carbocycles. The summed E-state index contributed by atoms with van der Waals surface area (Å²) in [5.41, 5.74) is 7.83. The quantitative estimate of drug-likeness (QED) is 0.678. The molecule has 1 aliphatic rings. The summed E-state index contributed by atoms with van der Waals surface area (Å²) >= 11 is 0. The smallest absolute Gasteiger partial charge is 0.119 e. The predicted molar refractivity (Wildman–Crippen MR) is 110 cm³/mol. The zero-order valence-corrected chi connectivity index (χ0v) is 15.6. The lowest BCUT2D eigenvalue weighted by Crippen LogP contribution is -2.18. The Morgan fingerprint density at radius 2 is 1.89 bits per heavy atom. The molecule has 5 heteroatoms. The molecular weight excluding hydrogens is 338 g/mol. The van der Waals surface area contributed by atoms with Crippen molar-refractivity contribution in [2.45, 2.75) is 19.4 Å². The Labute approximate surface area is 160 Å². The fourth-order valence-corrected chi connectivity index (χ4v) is 3.24. The highest BCUT2D eigenvalue weighted by Crippen LogP contribution is 2.18. The summed E-state index contributed by atoms with van der Waals surface area (Å²) in [6.07, 6.45) is 6.20. The van der Waals surface area contributed by atoms with Crippen LogP contribution in [0.3, 0.4) is 0 Å². The Hall–Kier alpha value is -2.63. The van der Waals surface area contributed by atoms with Gasteiger partial charge in [-0.05, 0) is 55.8 Å². The Balaban J connectivity index is 0.000000166. The average molecular weight is 365 g/mol. The first-order chi connectivity index (χ1) is 13.3. The molecule has 4 rings (SSSR count). The third-order valence-electron chi connectivity index (χ3n) is 4.58. The van der Waals surface area contributed by atoms with Crippen molar-refractivity contribution in [2.75, 3.05) is 32.0 Å². The van der Waals surface area contributed by atoms with Crippen LogP contribution in [-0.2, 0) is 6.54 Å². The number of anilines is 1. The van der Waals surface area contributed by atoms with Crippen molar-refractivity contribution in [1.82, 2.24) is 9.88 Å². The molecule has 1 aliphatic heterocycles. The van der Waals surface area contributed by atoms with Gasteiger partial charge in [0.1, 0.15) is 12.4 Å². The summed E-state index contributed by atoms with van der Waals surface area (Å²) in [7, 11) is 0. The van der Waals surface area contributed by atoms with E-state index in [1.165, 1.54) is 31.5 Å². The van der Waals surface area contributed by atoms with Crippen LogP contribution in [0.5, 0.6) is 5.75 Å². The first-order valence-electron chi connectivity index (χ1n) is 9.39. The van der Waals surface area contributed by atoms with Gasteiger partial charge in [-0.25, -0.2) is 0 Å². The summed E-state index contributed by atoms with van der Waals surface area (Å²) in [4.78, 5) is 6.46. The van der Waals surface area contributed by atoms with Crippen molar-refractivity contribution in [3.8, 4) is 5.75 Å². The van der Waals surface area contributed by atoms with Gasteiger partial charge < -0.3 is 15.6 Å². The van der Waals surface area contributed by atoms with E-state index in [-0.39, 0.29) is 6.61 Å². The van der Waals surface area contributed by atoms with E-state index in [9.17, 15) is 0 Å². The van der Waals surface area contributed by atoms with Crippen molar-refractivity contribution in [3.63, 3.8) is 0 Å². The van der Waals surface area contributed by atoms with Crippen molar-refractivity contribution in [1.29, 1.82) is 0 Å². The molecule has 0 atom stereocenters. The van der Waals surface area contributed by atoms with Crippen LogP contribution < -0.4 is 10.5 Å². The second-order valence-corrected chi connectivity index (χ2v) is 6.65. The van der Waals surface area contributed by atoms with Crippen molar-refractivity contribution < 1.29 is 9.84 Å². The Bertz CT molecular complexity index is 842. The van der Waals surface area contributed by atoms with E-state index in [0.29, 0.717) is 6.61 Å². The Kier molecular flexibility index (Phi) is 7.02. The van der Waals surface area contributed by atoms with Gasteiger partial charge in [0, 0.05) is 35.4 Å². The van der Waals surface area contributed by atoms with Gasteiger partial charge in [-0.2, -0.15) is 0 Å². The number of aliphatic hydroxyl groups excluding tert-OH is 1. The topological polar surface area (TPSA) is 71.6 Å². The number of aliphatic hydroxyl groups is 1. The number of ether oxygens (including phenoxy) is 1. The number of likely N-dealkylation sites (tertiary alicyclic amines) is 1. The number of benzene rings is 2. The first-order valence-corrected chi connectivity index (χ1v) is 9.39. The molecule has 1 saturated heterocycles. The second kappa shape index (κ2) is 9.90. The minimum Gasteiger partial charge on any atom is -0.491 e. The number of hydrogen-bond donors (Lipinski definition) is 2. The number of fused-ring (bicyclic) bond motifs is 1. The molecule has 1 fully saturated rings. The molecule has 0 amide bonds. The van der Waals surface area contributed by atoms with Gasteiger partial charge in [0.05, 0.1) is 6.61 Å². The third-order valence-corrected chi connectivity index (χ3v) is 4.58. The predicted octanol–water partition coefficient (Wildman–Crippen LogP) is 3.47. The number of hydrogen-bond acceptors (Lipinski definition) is 5. The maximum Gasteiger partial charge on any atom is 0.119 e. The molecule has 0 radical (unpaired) electrons. The molecule has 3 aromatic rings. The lowest BCUT2D eigenvalue weighted by Gasteiger charge is -2.15. The van der Waals surface area contributed by atoms with Crippen LogP contribution in [0.4, 0.5) is 5.69 Å². The first kappa shape index (κ1) is 19.1.